The average molecular weight is 887 g/mol. The van der Waals surface area contributed by atoms with Crippen molar-refractivity contribution >= 4 is 39.1 Å². The van der Waals surface area contributed by atoms with Gasteiger partial charge in [0.1, 0.15) is 0 Å². The van der Waals surface area contributed by atoms with Crippen LogP contribution in [0.3, 0.4) is 0 Å². The zero-order valence-corrected chi connectivity index (χ0v) is 36.9. The Kier molecular flexibility index (Phi) is 9.61. The number of hydrogen-bond donors (Lipinski definition) is 0. The number of para-hydroxylation sites is 3. The van der Waals surface area contributed by atoms with Crippen LogP contribution in [0.2, 0.25) is 0 Å². The summed E-state index contributed by atoms with van der Waals surface area (Å²) in [6.07, 6.45) is 0. The minimum atomic E-state index is 0.493. The highest BCUT2D eigenvalue weighted by molar-refractivity contribution is 6.10. The summed E-state index contributed by atoms with van der Waals surface area (Å²) in [5, 5.41) is 2.22. The number of fused-ring (bicyclic) bond motifs is 5. The van der Waals surface area contributed by atoms with Crippen molar-refractivity contribution in [3.8, 4) is 85.3 Å². The molecule has 9 aromatic carbocycles. The van der Waals surface area contributed by atoms with E-state index in [-0.39, 0.29) is 0 Å². The fourth-order valence-corrected chi connectivity index (χ4v) is 9.19. The summed E-state index contributed by atoms with van der Waals surface area (Å²) in [6, 6.07) is 78.3. The van der Waals surface area contributed by atoms with Crippen molar-refractivity contribution in [2.75, 3.05) is 4.90 Å². The predicted molar refractivity (Wildman–Crippen MR) is 275 cm³/mol. The van der Waals surface area contributed by atoms with Gasteiger partial charge in [0.25, 0.3) is 0 Å². The summed E-state index contributed by atoms with van der Waals surface area (Å²) >= 11 is 0. The Labute approximate surface area is 397 Å². The largest absolute Gasteiger partial charge is 0.453 e. The molecule has 0 spiro atoms. The lowest BCUT2D eigenvalue weighted by molar-refractivity contribution is 0.476. The lowest BCUT2D eigenvalue weighted by Crippen LogP contribution is -2.19. The number of nitrogens with zero attached hydrogens (tertiary/aromatic N) is 8. The van der Waals surface area contributed by atoms with Crippen LogP contribution in [-0.2, 0) is 0 Å². The quantitative estimate of drug-likeness (QED) is 0.149. The molecule has 0 fully saturated rings. The first kappa shape index (κ1) is 39.7. The molecule has 4 heterocycles. The summed E-state index contributed by atoms with van der Waals surface area (Å²) in [4.78, 5) is 32.5. The normalized spacial score (nSPS) is 11.9. The van der Waals surface area contributed by atoms with E-state index in [1.54, 1.807) is 0 Å². The molecule has 0 bridgehead atoms. The number of ether oxygens (including phenoxy) is 1. The molecule has 69 heavy (non-hydrogen) atoms. The van der Waals surface area contributed by atoms with Gasteiger partial charge in [-0.3, -0.25) is 9.47 Å². The highest BCUT2D eigenvalue weighted by Gasteiger charge is 2.29. The standard InChI is InChI=1S/C60H38N8O/c1-5-18-39(19-6-1)55-61-56(40-20-7-2-8-21-40)64-59(63-55)67-49-29-14-13-28-47(49)48-34-32-45(37-52(48)67)43-26-17-27-44(36-43)46-33-35-51-54(38-46)69-53-31-16-15-30-50(53)68(51)60-65-57(41-22-9-3-10-23-41)62-58(66-60)42-24-11-4-12-25-42/h1-38H. The molecule has 0 aliphatic carbocycles. The molecule has 13 rings (SSSR count). The molecule has 12 aromatic rings. The molecule has 3 aromatic heterocycles. The van der Waals surface area contributed by atoms with Gasteiger partial charge in [-0.1, -0.05) is 188 Å². The zero-order valence-electron chi connectivity index (χ0n) is 36.9. The topological polar surface area (TPSA) is 94.7 Å². The Hall–Kier alpha value is -9.60. The third-order valence-electron chi connectivity index (χ3n) is 12.5. The summed E-state index contributed by atoms with van der Waals surface area (Å²) in [7, 11) is 0. The molecule has 9 nitrogen and oxygen atoms in total. The van der Waals surface area contributed by atoms with Crippen molar-refractivity contribution in [3.05, 3.63) is 231 Å². The van der Waals surface area contributed by atoms with Crippen molar-refractivity contribution in [3.63, 3.8) is 0 Å². The zero-order chi connectivity index (χ0) is 45.7. The molecule has 1 aliphatic heterocycles. The van der Waals surface area contributed by atoms with Crippen LogP contribution in [0.5, 0.6) is 11.5 Å². The van der Waals surface area contributed by atoms with Gasteiger partial charge in [0.05, 0.1) is 22.4 Å². The first-order chi connectivity index (χ1) is 34.2. The van der Waals surface area contributed by atoms with Crippen molar-refractivity contribution in [1.82, 2.24) is 34.5 Å². The third-order valence-corrected chi connectivity index (χ3v) is 12.5. The first-order valence-corrected chi connectivity index (χ1v) is 22.8. The van der Waals surface area contributed by atoms with Gasteiger partial charge < -0.3 is 4.74 Å². The van der Waals surface area contributed by atoms with Gasteiger partial charge in [0.15, 0.2) is 34.8 Å². The van der Waals surface area contributed by atoms with Gasteiger partial charge >= 0.3 is 0 Å². The monoisotopic (exact) mass is 886 g/mol. The van der Waals surface area contributed by atoms with E-state index in [2.05, 4.69) is 94.4 Å². The van der Waals surface area contributed by atoms with Crippen molar-refractivity contribution in [2.45, 2.75) is 0 Å². The van der Waals surface area contributed by atoms with Crippen molar-refractivity contribution < 1.29 is 4.74 Å². The molecule has 0 saturated carbocycles. The molecule has 0 atom stereocenters. The maximum absolute atomic E-state index is 6.71. The van der Waals surface area contributed by atoms with Crippen LogP contribution in [-0.4, -0.2) is 34.5 Å². The minimum absolute atomic E-state index is 0.493. The van der Waals surface area contributed by atoms with E-state index in [4.69, 9.17) is 34.6 Å². The minimum Gasteiger partial charge on any atom is -0.453 e. The van der Waals surface area contributed by atoms with E-state index < -0.39 is 0 Å². The lowest BCUT2D eigenvalue weighted by Gasteiger charge is -2.31. The van der Waals surface area contributed by atoms with E-state index in [9.17, 15) is 0 Å². The maximum Gasteiger partial charge on any atom is 0.239 e. The second-order valence-electron chi connectivity index (χ2n) is 16.8. The molecule has 0 amide bonds. The van der Waals surface area contributed by atoms with Crippen LogP contribution >= 0.6 is 0 Å². The Morgan fingerprint density at radius 2 is 0.710 bits per heavy atom. The van der Waals surface area contributed by atoms with Gasteiger partial charge in [-0.25, -0.2) is 9.97 Å². The molecule has 324 valence electrons. The van der Waals surface area contributed by atoms with Crippen LogP contribution in [0.4, 0.5) is 17.3 Å². The molecule has 9 heteroatoms. The van der Waals surface area contributed by atoms with E-state index in [0.717, 1.165) is 77.7 Å². The number of rotatable bonds is 8. The van der Waals surface area contributed by atoms with Crippen LogP contribution in [0, 0.1) is 0 Å². The van der Waals surface area contributed by atoms with Gasteiger partial charge in [0.2, 0.25) is 11.9 Å². The molecule has 1 aliphatic rings. The molecular formula is C60H38N8O. The van der Waals surface area contributed by atoms with Crippen molar-refractivity contribution in [2.24, 2.45) is 0 Å². The fraction of sp³-hybridized carbons (Fsp3) is 0. The van der Waals surface area contributed by atoms with Crippen LogP contribution in [0.15, 0.2) is 231 Å². The molecule has 0 radical (unpaired) electrons. The average Bonchev–Trinajstić information content (AvgIpc) is 3.76. The fourth-order valence-electron chi connectivity index (χ4n) is 9.19. The van der Waals surface area contributed by atoms with Gasteiger partial charge in [0, 0.05) is 33.0 Å². The number of aromatic nitrogens is 7. The second kappa shape index (κ2) is 16.7. The smallest absolute Gasteiger partial charge is 0.239 e. The summed E-state index contributed by atoms with van der Waals surface area (Å²) in [6.45, 7) is 0. The molecule has 0 N–H and O–H groups in total. The highest BCUT2D eigenvalue weighted by Crippen LogP contribution is 2.51. The van der Waals surface area contributed by atoms with Gasteiger partial charge in [-0.2, -0.15) is 19.9 Å². The Morgan fingerprint density at radius 1 is 0.275 bits per heavy atom. The van der Waals surface area contributed by atoms with Crippen LogP contribution in [0.1, 0.15) is 0 Å². The van der Waals surface area contributed by atoms with E-state index >= 15 is 0 Å². The highest BCUT2D eigenvalue weighted by atomic mass is 16.5. The summed E-state index contributed by atoms with van der Waals surface area (Å²) in [5.41, 5.74) is 11.5. The van der Waals surface area contributed by atoms with E-state index in [1.807, 2.05) is 146 Å². The number of anilines is 3. The van der Waals surface area contributed by atoms with Gasteiger partial charge in [-0.15, -0.1) is 0 Å². The second-order valence-corrected chi connectivity index (χ2v) is 16.8. The Bertz CT molecular complexity index is 3770. The Balaban J connectivity index is 0.914. The molecular weight excluding hydrogens is 849 g/mol. The number of hydrogen-bond acceptors (Lipinski definition) is 8. The third kappa shape index (κ3) is 7.22. The lowest BCUT2D eigenvalue weighted by atomic mass is 9.97. The van der Waals surface area contributed by atoms with Crippen LogP contribution < -0.4 is 9.64 Å². The van der Waals surface area contributed by atoms with Crippen molar-refractivity contribution in [1.29, 1.82) is 0 Å². The number of benzene rings is 9. The van der Waals surface area contributed by atoms with E-state index in [1.165, 1.54) is 0 Å². The Morgan fingerprint density at radius 3 is 1.30 bits per heavy atom. The summed E-state index contributed by atoms with van der Waals surface area (Å²) < 4.78 is 8.88. The summed E-state index contributed by atoms with van der Waals surface area (Å²) in [5.74, 6) is 4.81. The SMILES string of the molecule is c1ccc(-c2nc(-c3ccccc3)nc(N3c4ccccc4Oc4cc(-c5cccc(-c6ccc7c8ccccc8n(-c8nc(-c9ccccc9)nc(-c9ccccc9)n8)c7c6)c5)ccc43)n2)cc1. The molecule has 0 unspecified atom stereocenters. The molecule has 0 saturated heterocycles. The first-order valence-electron chi connectivity index (χ1n) is 22.8. The predicted octanol–water partition coefficient (Wildman–Crippen LogP) is 14.7. The van der Waals surface area contributed by atoms with Crippen LogP contribution in [0.25, 0.3) is 95.6 Å². The maximum atomic E-state index is 6.71. The van der Waals surface area contributed by atoms with Gasteiger partial charge in [-0.05, 0) is 64.7 Å². The van der Waals surface area contributed by atoms with E-state index in [0.29, 0.717) is 46.7 Å².